The first-order valence-corrected chi connectivity index (χ1v) is 12.5. The molecule has 4 aliphatic carbocycles. The predicted molar refractivity (Wildman–Crippen MR) is 115 cm³/mol. The first kappa shape index (κ1) is 20.8. The second kappa shape index (κ2) is 6.65. The van der Waals surface area contributed by atoms with Crippen molar-refractivity contribution in [1.82, 2.24) is 0 Å². The van der Waals surface area contributed by atoms with Crippen molar-refractivity contribution in [2.75, 3.05) is 26.4 Å². The van der Waals surface area contributed by atoms with E-state index in [9.17, 15) is 4.79 Å². The Labute approximate surface area is 186 Å². The molecule has 0 radical (unpaired) electrons. The van der Waals surface area contributed by atoms with Gasteiger partial charge in [-0.1, -0.05) is 26.3 Å². The summed E-state index contributed by atoms with van der Waals surface area (Å²) in [5.41, 5.74) is 1.44. The summed E-state index contributed by atoms with van der Waals surface area (Å²) in [6.45, 7) is 12.1. The number of allylic oxidation sites excluding steroid dienone is 1. The fraction of sp³-hybridized carbons (Fsp3) is 0.885. The van der Waals surface area contributed by atoms with Gasteiger partial charge in [-0.3, -0.25) is 4.79 Å². The van der Waals surface area contributed by atoms with Crippen LogP contribution in [0, 0.1) is 40.4 Å². The monoisotopic (exact) mass is 430 g/mol. The van der Waals surface area contributed by atoms with Gasteiger partial charge in [0.05, 0.1) is 26.4 Å². The molecule has 6 aliphatic rings. The quantitative estimate of drug-likeness (QED) is 0.613. The molecule has 5 unspecified atom stereocenters. The molecule has 2 aliphatic heterocycles. The van der Waals surface area contributed by atoms with Gasteiger partial charge in [0.1, 0.15) is 0 Å². The normalized spacial score (nSPS) is 50.1. The molecular formula is C26H38O5. The van der Waals surface area contributed by atoms with E-state index < -0.39 is 11.6 Å². The Bertz CT molecular complexity index is 807. The van der Waals surface area contributed by atoms with Gasteiger partial charge in [-0.05, 0) is 67.3 Å². The van der Waals surface area contributed by atoms with Crippen molar-refractivity contribution in [3.8, 4) is 0 Å². The Morgan fingerprint density at radius 2 is 1.61 bits per heavy atom. The Balaban J connectivity index is 1.36. The number of rotatable bonds is 1. The number of hydrogen-bond acceptors (Lipinski definition) is 5. The van der Waals surface area contributed by atoms with Gasteiger partial charge in [-0.25, -0.2) is 0 Å². The molecular weight excluding hydrogens is 392 g/mol. The number of carbonyl (C=O) groups excluding carboxylic acids is 1. The first-order valence-electron chi connectivity index (χ1n) is 12.5. The fourth-order valence-electron chi connectivity index (χ4n) is 9.36. The highest BCUT2D eigenvalue weighted by molar-refractivity contribution is 5.94. The SMILES string of the molecule is CC1C[C@@]2(C)C(CCC2C2(C)OCCO2)C2C(=O)C=C3CC4(CC[C@]3(C)C12)OCCO4. The van der Waals surface area contributed by atoms with Crippen LogP contribution in [0.4, 0.5) is 0 Å². The molecule has 1 spiro atoms. The number of hydrogen-bond donors (Lipinski definition) is 0. The Morgan fingerprint density at radius 3 is 2.32 bits per heavy atom. The van der Waals surface area contributed by atoms with Crippen LogP contribution in [0.5, 0.6) is 0 Å². The summed E-state index contributed by atoms with van der Waals surface area (Å²) in [7, 11) is 0. The van der Waals surface area contributed by atoms with Crippen molar-refractivity contribution < 1.29 is 23.7 Å². The molecule has 31 heavy (non-hydrogen) atoms. The maximum atomic E-state index is 13.7. The third kappa shape index (κ3) is 2.73. The molecule has 0 aromatic rings. The third-order valence-corrected chi connectivity index (χ3v) is 10.5. The van der Waals surface area contributed by atoms with Gasteiger partial charge in [-0.2, -0.15) is 0 Å². The molecule has 7 atom stereocenters. The van der Waals surface area contributed by atoms with Gasteiger partial charge >= 0.3 is 0 Å². The number of ether oxygens (including phenoxy) is 4. The summed E-state index contributed by atoms with van der Waals surface area (Å²) in [6.07, 6.45) is 8.12. The van der Waals surface area contributed by atoms with E-state index in [4.69, 9.17) is 18.9 Å². The van der Waals surface area contributed by atoms with Crippen LogP contribution in [0.2, 0.25) is 0 Å². The van der Waals surface area contributed by atoms with E-state index >= 15 is 0 Å². The molecule has 0 aromatic carbocycles. The van der Waals surface area contributed by atoms with E-state index in [2.05, 4.69) is 27.7 Å². The minimum Gasteiger partial charge on any atom is -0.348 e. The van der Waals surface area contributed by atoms with Crippen LogP contribution < -0.4 is 0 Å². The van der Waals surface area contributed by atoms with E-state index in [0.29, 0.717) is 55.9 Å². The highest BCUT2D eigenvalue weighted by Gasteiger charge is 2.66. The molecule has 6 rings (SSSR count). The molecule has 0 N–H and O–H groups in total. The summed E-state index contributed by atoms with van der Waals surface area (Å²) >= 11 is 0. The Hall–Kier alpha value is -0.750. The predicted octanol–water partition coefficient (Wildman–Crippen LogP) is 4.50. The second-order valence-electron chi connectivity index (χ2n) is 12.0. The van der Waals surface area contributed by atoms with Crippen LogP contribution in [0.3, 0.4) is 0 Å². The van der Waals surface area contributed by atoms with Crippen molar-refractivity contribution in [3.05, 3.63) is 11.6 Å². The minimum atomic E-state index is -0.493. The zero-order valence-corrected chi connectivity index (χ0v) is 19.6. The van der Waals surface area contributed by atoms with E-state index in [1.807, 2.05) is 6.08 Å². The number of ketones is 1. The van der Waals surface area contributed by atoms with Crippen LogP contribution in [0.25, 0.3) is 0 Å². The van der Waals surface area contributed by atoms with Crippen molar-refractivity contribution in [1.29, 1.82) is 0 Å². The zero-order valence-electron chi connectivity index (χ0n) is 19.6. The molecule has 0 aromatic heterocycles. The van der Waals surface area contributed by atoms with Gasteiger partial charge < -0.3 is 18.9 Å². The van der Waals surface area contributed by atoms with E-state index in [1.165, 1.54) is 5.57 Å². The van der Waals surface area contributed by atoms with E-state index in [0.717, 1.165) is 38.5 Å². The highest BCUT2D eigenvalue weighted by Crippen LogP contribution is 2.69. The second-order valence-corrected chi connectivity index (χ2v) is 12.0. The largest absolute Gasteiger partial charge is 0.348 e. The Morgan fingerprint density at radius 1 is 0.935 bits per heavy atom. The van der Waals surface area contributed by atoms with Gasteiger partial charge in [0.15, 0.2) is 17.4 Å². The fourth-order valence-corrected chi connectivity index (χ4v) is 9.36. The average molecular weight is 431 g/mol. The van der Waals surface area contributed by atoms with Gasteiger partial charge in [-0.15, -0.1) is 0 Å². The molecule has 3 saturated carbocycles. The third-order valence-electron chi connectivity index (χ3n) is 10.5. The molecule has 0 bridgehead atoms. The van der Waals surface area contributed by atoms with Crippen LogP contribution in [-0.4, -0.2) is 43.8 Å². The topological polar surface area (TPSA) is 54.0 Å². The highest BCUT2D eigenvalue weighted by atomic mass is 16.7. The zero-order chi connectivity index (χ0) is 21.6. The number of carbonyl (C=O) groups is 1. The van der Waals surface area contributed by atoms with Gasteiger partial charge in [0.2, 0.25) is 0 Å². The summed E-state index contributed by atoms with van der Waals surface area (Å²) in [5, 5.41) is 0. The molecule has 2 saturated heterocycles. The van der Waals surface area contributed by atoms with Gasteiger partial charge in [0.25, 0.3) is 0 Å². The molecule has 172 valence electrons. The summed E-state index contributed by atoms with van der Waals surface area (Å²) in [5.74, 6) is 1.19. The van der Waals surface area contributed by atoms with Crippen molar-refractivity contribution in [3.63, 3.8) is 0 Å². The molecule has 5 nitrogen and oxygen atoms in total. The maximum Gasteiger partial charge on any atom is 0.172 e. The van der Waals surface area contributed by atoms with E-state index in [1.54, 1.807) is 0 Å². The Kier molecular flexibility index (Phi) is 4.47. The van der Waals surface area contributed by atoms with Crippen LogP contribution >= 0.6 is 0 Å². The molecule has 5 fully saturated rings. The minimum absolute atomic E-state index is 0.0717. The average Bonchev–Trinajstić information content (AvgIpc) is 3.42. The lowest BCUT2D eigenvalue weighted by molar-refractivity contribution is -0.221. The summed E-state index contributed by atoms with van der Waals surface area (Å²) < 4.78 is 24.4. The lowest BCUT2D eigenvalue weighted by Gasteiger charge is -2.61. The van der Waals surface area contributed by atoms with Crippen LogP contribution in [0.15, 0.2) is 11.6 Å². The maximum absolute atomic E-state index is 13.7. The van der Waals surface area contributed by atoms with Crippen LogP contribution in [-0.2, 0) is 23.7 Å². The molecule has 0 amide bonds. The molecule has 5 heteroatoms. The number of fused-ring (bicyclic) bond motifs is 5. The lowest BCUT2D eigenvalue weighted by atomic mass is 9.44. The summed E-state index contributed by atoms with van der Waals surface area (Å²) in [6, 6.07) is 0. The van der Waals surface area contributed by atoms with Crippen LogP contribution in [0.1, 0.15) is 66.2 Å². The standard InChI is InChI=1S/C26H38O5/c1-16-14-24(3)18(5-6-20(24)25(4)28-9-10-29-25)21-19(27)13-17-15-26(30-11-12-31-26)8-7-23(17,2)22(16)21/h13,16,18,20-22H,5-12,14-15H2,1-4H3/t16?,18?,20?,21?,22?,23-,24-/m0/s1. The van der Waals surface area contributed by atoms with E-state index in [-0.39, 0.29) is 16.7 Å². The van der Waals surface area contributed by atoms with Crippen molar-refractivity contribution >= 4 is 5.78 Å². The van der Waals surface area contributed by atoms with Crippen molar-refractivity contribution in [2.24, 2.45) is 40.4 Å². The first-order chi connectivity index (χ1) is 14.7. The lowest BCUT2D eigenvalue weighted by Crippen LogP contribution is -2.59. The van der Waals surface area contributed by atoms with Crippen molar-refractivity contribution in [2.45, 2.75) is 77.8 Å². The van der Waals surface area contributed by atoms with Gasteiger partial charge in [0, 0.05) is 24.7 Å². The smallest absolute Gasteiger partial charge is 0.172 e. The summed E-state index contributed by atoms with van der Waals surface area (Å²) in [4.78, 5) is 13.7. The molecule has 2 heterocycles.